The summed E-state index contributed by atoms with van der Waals surface area (Å²) in [6, 6.07) is 11.0. The lowest BCUT2D eigenvalue weighted by Gasteiger charge is -2.19. The van der Waals surface area contributed by atoms with Crippen LogP contribution in [-0.4, -0.2) is 53.4 Å². The number of aryl methyl sites for hydroxylation is 2. The van der Waals surface area contributed by atoms with Gasteiger partial charge < -0.3 is 15.2 Å². The zero-order valence-electron chi connectivity index (χ0n) is 20.0. The van der Waals surface area contributed by atoms with Gasteiger partial charge in [-0.25, -0.2) is 0 Å². The van der Waals surface area contributed by atoms with Gasteiger partial charge in [0.25, 0.3) is 5.91 Å². The fourth-order valence-corrected chi connectivity index (χ4v) is 4.62. The van der Waals surface area contributed by atoms with Gasteiger partial charge in [-0.05, 0) is 55.7 Å². The SMILES string of the molecule is CCCCN(C(=O)c1ccccc1Cl)c1nnc(-c2cc(C)c(OCCNCC(=O)O)c(C)c2)s1. The Hall–Kier alpha value is -3.01. The summed E-state index contributed by atoms with van der Waals surface area (Å²) < 4.78 is 5.87. The maximum Gasteiger partial charge on any atom is 0.317 e. The fourth-order valence-electron chi connectivity index (χ4n) is 3.54. The van der Waals surface area contributed by atoms with E-state index in [9.17, 15) is 9.59 Å². The normalized spacial score (nSPS) is 10.9. The molecule has 35 heavy (non-hydrogen) atoms. The number of halogens is 1. The van der Waals surface area contributed by atoms with E-state index in [0.29, 0.717) is 40.4 Å². The van der Waals surface area contributed by atoms with E-state index >= 15 is 0 Å². The molecule has 2 N–H and O–H groups in total. The third-order valence-corrected chi connectivity index (χ3v) is 6.56. The minimum Gasteiger partial charge on any atom is -0.492 e. The smallest absolute Gasteiger partial charge is 0.317 e. The van der Waals surface area contributed by atoms with Crippen molar-refractivity contribution in [1.82, 2.24) is 15.5 Å². The van der Waals surface area contributed by atoms with Crippen molar-refractivity contribution in [3.8, 4) is 16.3 Å². The molecule has 0 atom stereocenters. The molecule has 0 bridgehead atoms. The number of anilines is 1. The van der Waals surface area contributed by atoms with Crippen LogP contribution in [0.2, 0.25) is 5.02 Å². The summed E-state index contributed by atoms with van der Waals surface area (Å²) in [4.78, 5) is 25.5. The predicted octanol–water partition coefficient (Wildman–Crippen LogP) is 4.98. The van der Waals surface area contributed by atoms with Crippen LogP contribution in [0.4, 0.5) is 5.13 Å². The van der Waals surface area contributed by atoms with Gasteiger partial charge in [0, 0.05) is 18.7 Å². The summed E-state index contributed by atoms with van der Waals surface area (Å²) in [7, 11) is 0. The number of carboxylic acids is 1. The maximum atomic E-state index is 13.3. The van der Waals surface area contributed by atoms with E-state index in [0.717, 1.165) is 35.3 Å². The molecule has 0 aliphatic rings. The highest BCUT2D eigenvalue weighted by Crippen LogP contribution is 2.34. The lowest BCUT2D eigenvalue weighted by molar-refractivity contribution is -0.135. The zero-order valence-corrected chi connectivity index (χ0v) is 21.6. The Kier molecular flexibility index (Phi) is 9.59. The molecular formula is C25H29ClN4O4S. The highest BCUT2D eigenvalue weighted by molar-refractivity contribution is 7.18. The fraction of sp³-hybridized carbons (Fsp3) is 0.360. The van der Waals surface area contributed by atoms with Gasteiger partial charge in [-0.15, -0.1) is 10.2 Å². The molecule has 1 amide bonds. The second kappa shape index (κ2) is 12.6. The van der Waals surface area contributed by atoms with Crippen molar-refractivity contribution < 1.29 is 19.4 Å². The number of carbonyl (C=O) groups excluding carboxylic acids is 1. The second-order valence-corrected chi connectivity index (χ2v) is 9.40. The number of aromatic nitrogens is 2. The van der Waals surface area contributed by atoms with Crippen LogP contribution < -0.4 is 15.0 Å². The first-order valence-electron chi connectivity index (χ1n) is 11.4. The van der Waals surface area contributed by atoms with Gasteiger partial charge in [0.05, 0.1) is 17.1 Å². The summed E-state index contributed by atoms with van der Waals surface area (Å²) in [6.45, 7) is 7.18. The molecule has 3 rings (SSSR count). The van der Waals surface area contributed by atoms with Crippen LogP contribution in [0.5, 0.6) is 5.75 Å². The van der Waals surface area contributed by atoms with Crippen molar-refractivity contribution in [2.45, 2.75) is 33.6 Å². The number of aliphatic carboxylic acids is 1. The van der Waals surface area contributed by atoms with Crippen molar-refractivity contribution in [3.05, 3.63) is 58.1 Å². The molecule has 0 spiro atoms. The summed E-state index contributed by atoms with van der Waals surface area (Å²) in [5.41, 5.74) is 3.20. The third-order valence-electron chi connectivity index (χ3n) is 5.24. The number of benzene rings is 2. The average molecular weight is 517 g/mol. The van der Waals surface area contributed by atoms with Gasteiger partial charge in [-0.2, -0.15) is 0 Å². The maximum absolute atomic E-state index is 13.3. The Morgan fingerprint density at radius 3 is 2.54 bits per heavy atom. The van der Waals surface area contributed by atoms with Crippen molar-refractivity contribution in [3.63, 3.8) is 0 Å². The predicted molar refractivity (Wildman–Crippen MR) is 139 cm³/mol. The van der Waals surface area contributed by atoms with Crippen LogP contribution in [0.3, 0.4) is 0 Å². The molecule has 1 heterocycles. The summed E-state index contributed by atoms with van der Waals surface area (Å²) in [5, 5.41) is 21.8. The minimum absolute atomic E-state index is 0.103. The Balaban J connectivity index is 1.79. The summed E-state index contributed by atoms with van der Waals surface area (Å²) in [6.07, 6.45) is 1.76. The molecule has 1 aromatic heterocycles. The molecule has 0 aliphatic heterocycles. The lowest BCUT2D eigenvalue weighted by Crippen LogP contribution is -2.32. The first-order chi connectivity index (χ1) is 16.8. The van der Waals surface area contributed by atoms with E-state index < -0.39 is 5.97 Å². The quantitative estimate of drug-likeness (QED) is 0.327. The van der Waals surface area contributed by atoms with Gasteiger partial charge in [0.2, 0.25) is 5.13 Å². The van der Waals surface area contributed by atoms with Crippen molar-refractivity contribution in [2.75, 3.05) is 31.1 Å². The highest BCUT2D eigenvalue weighted by atomic mass is 35.5. The first-order valence-corrected chi connectivity index (χ1v) is 12.6. The van der Waals surface area contributed by atoms with E-state index in [1.54, 1.807) is 29.2 Å². The number of hydrogen-bond acceptors (Lipinski definition) is 7. The molecule has 0 saturated carbocycles. The summed E-state index contributed by atoms with van der Waals surface area (Å²) >= 11 is 7.64. The van der Waals surface area contributed by atoms with Crippen LogP contribution >= 0.6 is 22.9 Å². The van der Waals surface area contributed by atoms with E-state index in [-0.39, 0.29) is 12.5 Å². The Morgan fingerprint density at radius 2 is 1.89 bits per heavy atom. The average Bonchev–Trinajstić information content (AvgIpc) is 3.30. The monoisotopic (exact) mass is 516 g/mol. The molecule has 0 radical (unpaired) electrons. The lowest BCUT2D eigenvalue weighted by atomic mass is 10.1. The van der Waals surface area contributed by atoms with Crippen molar-refractivity contribution in [1.29, 1.82) is 0 Å². The Morgan fingerprint density at radius 1 is 1.17 bits per heavy atom. The highest BCUT2D eigenvalue weighted by Gasteiger charge is 2.23. The summed E-state index contributed by atoms with van der Waals surface area (Å²) in [5.74, 6) is -0.339. The molecule has 0 unspecified atom stereocenters. The van der Waals surface area contributed by atoms with Gasteiger partial charge >= 0.3 is 5.97 Å². The van der Waals surface area contributed by atoms with E-state index in [1.165, 1.54) is 11.3 Å². The zero-order chi connectivity index (χ0) is 25.4. The number of amides is 1. The molecule has 186 valence electrons. The number of hydrogen-bond donors (Lipinski definition) is 2. The van der Waals surface area contributed by atoms with Crippen LogP contribution in [0, 0.1) is 13.8 Å². The molecule has 0 fully saturated rings. The largest absolute Gasteiger partial charge is 0.492 e. The third kappa shape index (κ3) is 7.00. The standard InChI is InChI=1S/C25H29ClN4O4S/c1-4-5-11-30(24(33)19-8-6-7-9-20(19)26)25-29-28-23(35-25)18-13-16(2)22(17(3)14-18)34-12-10-27-15-21(31)32/h6-9,13-14,27H,4-5,10-12,15H2,1-3H3,(H,31,32). The van der Waals surface area contributed by atoms with Crippen LogP contribution in [0.15, 0.2) is 36.4 Å². The Labute approximate surface area is 213 Å². The molecule has 2 aromatic carbocycles. The van der Waals surface area contributed by atoms with E-state index in [4.69, 9.17) is 21.4 Å². The van der Waals surface area contributed by atoms with Gasteiger partial charge in [-0.3, -0.25) is 14.5 Å². The van der Waals surface area contributed by atoms with Gasteiger partial charge in [0.15, 0.2) is 0 Å². The molecule has 10 heteroatoms. The van der Waals surface area contributed by atoms with Gasteiger partial charge in [-0.1, -0.05) is 48.4 Å². The number of ether oxygens (including phenoxy) is 1. The number of carboxylic acid groups (broad SMARTS) is 1. The van der Waals surface area contributed by atoms with Crippen LogP contribution in [0.25, 0.3) is 10.6 Å². The topological polar surface area (TPSA) is 105 Å². The number of nitrogens with one attached hydrogen (secondary N) is 1. The van der Waals surface area contributed by atoms with E-state index in [2.05, 4.69) is 22.4 Å². The number of nitrogens with zero attached hydrogens (tertiary/aromatic N) is 3. The first kappa shape index (κ1) is 26.6. The Bertz CT molecular complexity index is 1160. The van der Waals surface area contributed by atoms with E-state index in [1.807, 2.05) is 26.0 Å². The minimum atomic E-state index is -0.903. The van der Waals surface area contributed by atoms with Gasteiger partial charge in [0.1, 0.15) is 17.4 Å². The molecular weight excluding hydrogens is 488 g/mol. The molecule has 3 aromatic rings. The molecule has 0 aliphatic carbocycles. The number of carbonyl (C=O) groups is 2. The number of rotatable bonds is 12. The molecule has 0 saturated heterocycles. The van der Waals surface area contributed by atoms with Crippen LogP contribution in [-0.2, 0) is 4.79 Å². The van der Waals surface area contributed by atoms with Crippen LogP contribution in [0.1, 0.15) is 41.3 Å². The second-order valence-electron chi connectivity index (χ2n) is 8.04. The molecule has 8 nitrogen and oxygen atoms in total. The van der Waals surface area contributed by atoms with Crippen molar-refractivity contribution in [2.24, 2.45) is 0 Å². The number of unbranched alkanes of at least 4 members (excludes halogenated alkanes) is 1. The van der Waals surface area contributed by atoms with Crippen molar-refractivity contribution >= 4 is 39.9 Å².